The van der Waals surface area contributed by atoms with Crippen LogP contribution in [0.25, 0.3) is 11.1 Å². The second-order valence-electron chi connectivity index (χ2n) is 9.09. The molecule has 0 saturated carbocycles. The first-order chi connectivity index (χ1) is 19.2. The Morgan fingerprint density at radius 2 is 1.55 bits per heavy atom. The molecule has 2 unspecified atom stereocenters. The van der Waals surface area contributed by atoms with E-state index < -0.39 is 28.2 Å². The normalized spacial score (nSPS) is 12.3. The van der Waals surface area contributed by atoms with Gasteiger partial charge in [-0.3, -0.25) is 23.8 Å². The minimum Gasteiger partial charge on any atom is -0.480 e. The second kappa shape index (κ2) is 15.2. The van der Waals surface area contributed by atoms with Gasteiger partial charge in [-0.25, -0.2) is 9.00 Å². The van der Waals surface area contributed by atoms with Crippen molar-refractivity contribution in [2.45, 2.75) is 44.6 Å². The predicted octanol–water partition coefficient (Wildman–Crippen LogP) is 5.73. The molecule has 10 nitrogen and oxygen atoms in total. The molecular formula is C28H30BrN3O7S. The Morgan fingerprint density at radius 3 is 2.10 bits per heavy atom. The van der Waals surface area contributed by atoms with Gasteiger partial charge in [0.05, 0.1) is 10.6 Å². The van der Waals surface area contributed by atoms with E-state index in [1.54, 1.807) is 36.4 Å². The van der Waals surface area contributed by atoms with E-state index in [0.717, 1.165) is 25.5 Å². The van der Waals surface area contributed by atoms with Crippen LogP contribution in [0.15, 0.2) is 77.3 Å². The van der Waals surface area contributed by atoms with Crippen molar-refractivity contribution in [3.05, 3.63) is 92.9 Å². The molecule has 0 fully saturated rings. The van der Waals surface area contributed by atoms with Gasteiger partial charge in [0.1, 0.15) is 6.04 Å². The number of halogens is 1. The zero-order valence-corrected chi connectivity index (χ0v) is 24.0. The van der Waals surface area contributed by atoms with Crippen LogP contribution in [0.2, 0.25) is 0 Å². The fourth-order valence-corrected chi connectivity index (χ4v) is 5.16. The third-order valence-corrected chi connectivity index (χ3v) is 7.61. The summed E-state index contributed by atoms with van der Waals surface area (Å²) in [6.45, 7) is 0.354. The summed E-state index contributed by atoms with van der Waals surface area (Å²) >= 11 is 0.840. The number of aryl methyl sites for hydroxylation is 1. The van der Waals surface area contributed by atoms with Crippen LogP contribution < -0.4 is 9.62 Å². The van der Waals surface area contributed by atoms with Crippen LogP contribution in [0.1, 0.15) is 37.7 Å². The number of non-ortho nitro benzene ring substituents is 1. The first-order valence-corrected chi connectivity index (χ1v) is 14.5. The minimum atomic E-state index is -2.55. The van der Waals surface area contributed by atoms with E-state index in [1.807, 2.05) is 24.3 Å². The van der Waals surface area contributed by atoms with Gasteiger partial charge in [0.25, 0.3) is 17.0 Å². The molecule has 0 aliphatic heterocycles. The van der Waals surface area contributed by atoms with E-state index in [9.17, 15) is 33.6 Å². The second-order valence-corrected chi connectivity index (χ2v) is 10.9. The summed E-state index contributed by atoms with van der Waals surface area (Å²) in [5, 5.41) is 23.3. The number of hydrogen-bond acceptors (Lipinski definition) is 5. The molecule has 3 aromatic carbocycles. The van der Waals surface area contributed by atoms with Crippen molar-refractivity contribution in [2.24, 2.45) is 0 Å². The summed E-state index contributed by atoms with van der Waals surface area (Å²) < 4.78 is 24.0. The maximum absolute atomic E-state index is 12.1. The molecule has 3 aromatic rings. The maximum Gasteiger partial charge on any atom is 0.327 e. The summed E-state index contributed by atoms with van der Waals surface area (Å²) in [5.41, 5.74) is 3.08. The third-order valence-electron chi connectivity index (χ3n) is 6.28. The Bertz CT molecular complexity index is 1320. The largest absolute Gasteiger partial charge is 0.480 e. The van der Waals surface area contributed by atoms with Gasteiger partial charge < -0.3 is 10.4 Å². The van der Waals surface area contributed by atoms with Crippen molar-refractivity contribution in [1.29, 1.82) is 0 Å². The van der Waals surface area contributed by atoms with E-state index in [2.05, 4.69) is 21.2 Å². The molecule has 0 spiro atoms. The van der Waals surface area contributed by atoms with Gasteiger partial charge in [-0.15, -0.1) is 0 Å². The van der Waals surface area contributed by atoms with Gasteiger partial charge in [-0.1, -0.05) is 52.3 Å². The zero-order chi connectivity index (χ0) is 29.1. The Hall–Kier alpha value is -3.61. The van der Waals surface area contributed by atoms with Crippen molar-refractivity contribution < 1.29 is 28.4 Å². The zero-order valence-electron chi connectivity index (χ0n) is 21.6. The average Bonchev–Trinajstić information content (AvgIpc) is 2.93. The van der Waals surface area contributed by atoms with E-state index in [4.69, 9.17) is 0 Å². The number of amides is 1. The molecule has 0 aliphatic rings. The lowest BCUT2D eigenvalue weighted by molar-refractivity contribution is -0.384. The number of nitrogens with one attached hydrogen (secondary N) is 1. The van der Waals surface area contributed by atoms with Crippen molar-refractivity contribution in [3.63, 3.8) is 0 Å². The lowest BCUT2D eigenvalue weighted by Crippen LogP contribution is -2.42. The fraction of sp³-hybridized carbons (Fsp3) is 0.286. The Balaban J connectivity index is 1.46. The van der Waals surface area contributed by atoms with Crippen LogP contribution in [0.3, 0.4) is 0 Å². The van der Waals surface area contributed by atoms with E-state index in [0.29, 0.717) is 44.3 Å². The molecule has 212 valence electrons. The molecule has 0 bridgehead atoms. The number of anilines is 1. The number of carbonyl (C=O) groups is 2. The van der Waals surface area contributed by atoms with Gasteiger partial charge in [0.2, 0.25) is 5.91 Å². The number of carboxylic acids is 1. The fourth-order valence-electron chi connectivity index (χ4n) is 4.18. The maximum atomic E-state index is 12.1. The number of nitro groups is 1. The van der Waals surface area contributed by atoms with E-state index in [1.165, 1.54) is 12.1 Å². The van der Waals surface area contributed by atoms with Crippen LogP contribution in [0.4, 0.5) is 11.4 Å². The monoisotopic (exact) mass is 631 g/mol. The minimum absolute atomic E-state index is 0.0228. The average molecular weight is 633 g/mol. The van der Waals surface area contributed by atoms with Crippen molar-refractivity contribution in [3.8, 4) is 11.1 Å². The van der Waals surface area contributed by atoms with Crippen LogP contribution in [-0.2, 0) is 27.3 Å². The highest BCUT2D eigenvalue weighted by atomic mass is 79.9. The Morgan fingerprint density at radius 1 is 0.950 bits per heavy atom. The predicted molar refractivity (Wildman–Crippen MR) is 157 cm³/mol. The van der Waals surface area contributed by atoms with Crippen molar-refractivity contribution in [1.82, 2.24) is 5.32 Å². The van der Waals surface area contributed by atoms with Crippen LogP contribution in [0, 0.1) is 10.1 Å². The lowest BCUT2D eigenvalue weighted by atomic mass is 10.0. The summed E-state index contributed by atoms with van der Waals surface area (Å²) in [4.78, 5) is 34.4. The number of benzene rings is 3. The molecule has 3 rings (SSSR count). The first-order valence-electron chi connectivity index (χ1n) is 12.6. The van der Waals surface area contributed by atoms with Gasteiger partial charge in [-0.2, -0.15) is 0 Å². The van der Waals surface area contributed by atoms with Crippen molar-refractivity contribution in [2.75, 3.05) is 10.8 Å². The van der Waals surface area contributed by atoms with Gasteiger partial charge >= 0.3 is 5.97 Å². The Kier molecular flexibility index (Phi) is 11.8. The molecule has 1 amide bonds. The number of unbranched alkanes of at least 4 members (excludes halogenated alkanes) is 1. The molecule has 2 atom stereocenters. The lowest BCUT2D eigenvalue weighted by Gasteiger charge is -2.27. The van der Waals surface area contributed by atoms with E-state index in [-0.39, 0.29) is 18.0 Å². The Labute approximate surface area is 243 Å². The van der Waals surface area contributed by atoms with E-state index >= 15 is 0 Å². The highest BCUT2D eigenvalue weighted by molar-refractivity contribution is 9.10. The van der Waals surface area contributed by atoms with Gasteiger partial charge in [0.15, 0.2) is 0 Å². The molecule has 0 aromatic heterocycles. The number of rotatable bonds is 15. The van der Waals surface area contributed by atoms with Crippen LogP contribution in [0.5, 0.6) is 0 Å². The standard InChI is InChI=1S/C28H30BrN3O7S/c29-23-13-9-21(10-14-23)22-11-17-24(18-12-22)31(40(38)39)26(28(34)35)5-1-2-19-30-27(33)6-3-4-20-7-15-25(16-8-20)32(36)37/h7-18,26H,1-6,19H2,(H,30,33)(H,34,35)(H,38,39). The molecule has 0 radical (unpaired) electrons. The van der Waals surface area contributed by atoms with Crippen LogP contribution in [-0.4, -0.2) is 43.3 Å². The SMILES string of the molecule is O=C(CCCc1ccc([N+](=O)[O-])cc1)NCCCCC(C(=O)O)N(c1ccc(-c2ccc(Br)cc2)cc1)S(=O)O. The van der Waals surface area contributed by atoms with Crippen LogP contribution >= 0.6 is 15.9 Å². The van der Waals surface area contributed by atoms with Crippen molar-refractivity contribution >= 4 is 50.4 Å². The quantitative estimate of drug-likeness (QED) is 0.0838. The molecule has 12 heteroatoms. The summed E-state index contributed by atoms with van der Waals surface area (Å²) in [7, 11) is 0. The first kappa shape index (κ1) is 30.9. The molecule has 40 heavy (non-hydrogen) atoms. The summed E-state index contributed by atoms with van der Waals surface area (Å²) in [5.74, 6) is -1.35. The molecular weight excluding hydrogens is 602 g/mol. The molecule has 0 saturated heterocycles. The number of hydrogen-bond donors (Lipinski definition) is 3. The third kappa shape index (κ3) is 9.25. The van der Waals surface area contributed by atoms with Gasteiger partial charge in [0, 0.05) is 29.6 Å². The number of nitrogens with zero attached hydrogens (tertiary/aromatic N) is 2. The number of nitro benzene ring substituents is 1. The summed E-state index contributed by atoms with van der Waals surface area (Å²) in [6.07, 6.45) is 2.54. The van der Waals surface area contributed by atoms with Gasteiger partial charge in [-0.05, 0) is 73.1 Å². The topological polar surface area (TPSA) is 150 Å². The highest BCUT2D eigenvalue weighted by Crippen LogP contribution is 2.27. The number of carbonyl (C=O) groups excluding carboxylic acids is 1. The summed E-state index contributed by atoms with van der Waals surface area (Å²) in [6, 6.07) is 19.5. The number of carboxylic acid groups (broad SMARTS) is 1. The molecule has 0 aliphatic carbocycles. The number of aliphatic carboxylic acids is 1. The highest BCUT2D eigenvalue weighted by Gasteiger charge is 2.29. The molecule has 0 heterocycles. The smallest absolute Gasteiger partial charge is 0.327 e. The molecule has 3 N–H and O–H groups in total.